The van der Waals surface area contributed by atoms with Crippen molar-refractivity contribution in [3.8, 4) is 0 Å². The van der Waals surface area contributed by atoms with Crippen molar-refractivity contribution >= 4 is 17.8 Å². The van der Waals surface area contributed by atoms with Crippen LogP contribution in [0.1, 0.15) is 46.2 Å². The van der Waals surface area contributed by atoms with Gasteiger partial charge in [0.1, 0.15) is 12.1 Å². The summed E-state index contributed by atoms with van der Waals surface area (Å²) in [5.41, 5.74) is 0.645. The van der Waals surface area contributed by atoms with Gasteiger partial charge < -0.3 is 20.5 Å². The summed E-state index contributed by atoms with van der Waals surface area (Å²) in [5, 5.41) is 24.2. The van der Waals surface area contributed by atoms with E-state index in [1.54, 1.807) is 6.20 Å². The van der Waals surface area contributed by atoms with Gasteiger partial charge in [-0.05, 0) is 24.7 Å². The molecule has 1 rings (SSSR count). The van der Waals surface area contributed by atoms with Gasteiger partial charge in [-0.2, -0.15) is 0 Å². The van der Waals surface area contributed by atoms with Crippen LogP contribution in [0, 0.1) is 11.8 Å². The molecule has 1 heterocycles. The minimum Gasteiger partial charge on any atom is -0.480 e. The van der Waals surface area contributed by atoms with Crippen molar-refractivity contribution in [2.24, 2.45) is 11.8 Å². The number of aromatic nitrogens is 2. The van der Waals surface area contributed by atoms with Gasteiger partial charge in [0.05, 0.1) is 12.4 Å². The van der Waals surface area contributed by atoms with Crippen molar-refractivity contribution in [1.82, 2.24) is 20.6 Å². The average Bonchev–Trinajstić information content (AvgIpc) is 3.04. The summed E-state index contributed by atoms with van der Waals surface area (Å²) in [7, 11) is 0. The number of amides is 1. The zero-order valence-electron chi connectivity index (χ0n) is 16.2. The Kier molecular flexibility index (Phi) is 8.93. The largest absolute Gasteiger partial charge is 0.480 e. The van der Waals surface area contributed by atoms with Gasteiger partial charge in [0.25, 0.3) is 0 Å². The second kappa shape index (κ2) is 10.7. The first-order valence-corrected chi connectivity index (χ1v) is 9.09. The Morgan fingerprint density at radius 2 is 1.56 bits per heavy atom. The first-order valence-electron chi connectivity index (χ1n) is 9.09. The normalized spacial score (nSPS) is 14.7. The molecule has 1 unspecified atom stereocenters. The Hall–Kier alpha value is -2.42. The molecule has 1 amide bonds. The molecule has 1 aromatic rings. The molecule has 0 fully saturated rings. The molecule has 0 bridgehead atoms. The topological polar surface area (TPSA) is 144 Å². The van der Waals surface area contributed by atoms with E-state index in [4.69, 9.17) is 0 Å². The third-order valence-electron chi connectivity index (χ3n) is 4.02. The van der Waals surface area contributed by atoms with Crippen LogP contribution >= 0.6 is 0 Å². The average molecular weight is 382 g/mol. The molecule has 0 aliphatic carbocycles. The van der Waals surface area contributed by atoms with Crippen molar-refractivity contribution in [3.63, 3.8) is 0 Å². The molecule has 1 aromatic heterocycles. The Bertz CT molecular complexity index is 615. The Morgan fingerprint density at radius 1 is 1.00 bits per heavy atom. The van der Waals surface area contributed by atoms with Crippen LogP contribution < -0.4 is 10.6 Å². The minimum atomic E-state index is -1.12. The van der Waals surface area contributed by atoms with Gasteiger partial charge in [0.15, 0.2) is 0 Å². The van der Waals surface area contributed by atoms with Gasteiger partial charge >= 0.3 is 11.9 Å². The molecule has 27 heavy (non-hydrogen) atoms. The molecular formula is C18H30N4O5. The Balaban J connectivity index is 2.96. The number of carboxylic acids is 2. The maximum atomic E-state index is 12.7. The molecule has 0 radical (unpaired) electrons. The number of imidazole rings is 1. The minimum absolute atomic E-state index is 0.0816. The lowest BCUT2D eigenvalue weighted by Crippen LogP contribution is -2.55. The maximum absolute atomic E-state index is 12.7. The smallest absolute Gasteiger partial charge is 0.326 e. The van der Waals surface area contributed by atoms with Crippen molar-refractivity contribution in [2.45, 2.75) is 65.1 Å². The van der Waals surface area contributed by atoms with Crippen LogP contribution in [0.3, 0.4) is 0 Å². The summed E-state index contributed by atoms with van der Waals surface area (Å²) >= 11 is 0. The summed E-state index contributed by atoms with van der Waals surface area (Å²) in [4.78, 5) is 42.5. The van der Waals surface area contributed by atoms with Crippen molar-refractivity contribution < 1.29 is 24.6 Å². The first kappa shape index (κ1) is 22.6. The lowest BCUT2D eigenvalue weighted by molar-refractivity contribution is -0.143. The molecule has 3 atom stereocenters. The standard InChI is InChI=1S/C18H30N4O5/c1-10(2)5-14(17(24)25)21-13(7-12-8-19-9-20-12)16(23)22-15(18(26)27)6-11(3)4/h8-11,13-15,21H,5-7H2,1-4H3,(H,19,20)(H,22,23)(H,24,25)(H,26,27)/t13-,14?,15-/m0/s1. The molecule has 0 saturated carbocycles. The fourth-order valence-electron chi connectivity index (χ4n) is 2.76. The highest BCUT2D eigenvalue weighted by Gasteiger charge is 2.30. The predicted octanol–water partition coefficient (Wildman–Crippen LogP) is 1.03. The van der Waals surface area contributed by atoms with Gasteiger partial charge in [-0.15, -0.1) is 0 Å². The Morgan fingerprint density at radius 3 is 2.00 bits per heavy atom. The Labute approximate surface area is 159 Å². The molecule has 0 aliphatic heterocycles. The highest BCUT2D eigenvalue weighted by molar-refractivity contribution is 5.87. The van der Waals surface area contributed by atoms with Gasteiger partial charge in [-0.3, -0.25) is 14.9 Å². The molecular weight excluding hydrogens is 352 g/mol. The number of nitrogens with zero attached hydrogens (tertiary/aromatic N) is 1. The summed E-state index contributed by atoms with van der Waals surface area (Å²) < 4.78 is 0. The van der Waals surface area contributed by atoms with Crippen molar-refractivity contribution in [1.29, 1.82) is 0 Å². The molecule has 152 valence electrons. The summed E-state index contributed by atoms with van der Waals surface area (Å²) in [6, 6.07) is -2.85. The van der Waals surface area contributed by atoms with E-state index in [-0.39, 0.29) is 24.7 Å². The summed E-state index contributed by atoms with van der Waals surface area (Å²) in [6.07, 6.45) is 3.80. The number of rotatable bonds is 12. The molecule has 0 aromatic carbocycles. The number of nitrogens with one attached hydrogen (secondary N) is 3. The highest BCUT2D eigenvalue weighted by Crippen LogP contribution is 2.10. The molecule has 0 spiro atoms. The number of aliphatic carboxylic acids is 2. The van der Waals surface area contributed by atoms with Crippen LogP contribution in [0.25, 0.3) is 0 Å². The number of H-pyrrole nitrogens is 1. The number of hydrogen-bond donors (Lipinski definition) is 5. The highest BCUT2D eigenvalue weighted by atomic mass is 16.4. The second-order valence-corrected chi connectivity index (χ2v) is 7.55. The van der Waals surface area contributed by atoms with E-state index >= 15 is 0 Å². The van der Waals surface area contributed by atoms with Gasteiger partial charge in [-0.25, -0.2) is 9.78 Å². The monoisotopic (exact) mass is 382 g/mol. The quantitative estimate of drug-likeness (QED) is 0.363. The summed E-state index contributed by atoms with van der Waals surface area (Å²) in [5.74, 6) is -2.52. The van der Waals surface area contributed by atoms with E-state index in [0.29, 0.717) is 12.1 Å². The molecule has 9 nitrogen and oxygen atoms in total. The van der Waals surface area contributed by atoms with Gasteiger partial charge in [-0.1, -0.05) is 27.7 Å². The van der Waals surface area contributed by atoms with Crippen molar-refractivity contribution in [2.75, 3.05) is 0 Å². The fourth-order valence-corrected chi connectivity index (χ4v) is 2.76. The number of carbonyl (C=O) groups is 3. The van der Waals surface area contributed by atoms with E-state index in [0.717, 1.165) is 0 Å². The molecule has 5 N–H and O–H groups in total. The van der Waals surface area contributed by atoms with Crippen LogP contribution in [0.2, 0.25) is 0 Å². The van der Waals surface area contributed by atoms with Crippen LogP contribution in [0.4, 0.5) is 0 Å². The van der Waals surface area contributed by atoms with E-state index in [1.807, 2.05) is 27.7 Å². The molecule has 0 aliphatic rings. The fraction of sp³-hybridized carbons (Fsp3) is 0.667. The number of carbonyl (C=O) groups excluding carboxylic acids is 1. The van der Waals surface area contributed by atoms with Gasteiger partial charge in [0.2, 0.25) is 5.91 Å². The lowest BCUT2D eigenvalue weighted by Gasteiger charge is -2.25. The van der Waals surface area contributed by atoms with Crippen LogP contribution in [0.5, 0.6) is 0 Å². The number of hydrogen-bond acceptors (Lipinski definition) is 5. The first-order chi connectivity index (χ1) is 12.6. The third-order valence-corrected chi connectivity index (χ3v) is 4.02. The van der Waals surface area contributed by atoms with Crippen molar-refractivity contribution in [3.05, 3.63) is 18.2 Å². The van der Waals surface area contributed by atoms with Crippen LogP contribution in [-0.4, -0.2) is 56.2 Å². The number of aromatic amines is 1. The molecule has 0 saturated heterocycles. The zero-order chi connectivity index (χ0) is 20.6. The van der Waals surface area contributed by atoms with Gasteiger partial charge in [0, 0.05) is 18.3 Å². The SMILES string of the molecule is CC(C)CC(N[C@@H](Cc1cnc[nH]1)C(=O)N[C@@H](CC(C)C)C(=O)O)C(=O)O. The zero-order valence-corrected chi connectivity index (χ0v) is 16.2. The molecule has 9 heteroatoms. The van der Waals surface area contributed by atoms with E-state index < -0.39 is 36.0 Å². The third kappa shape index (κ3) is 8.21. The van der Waals surface area contributed by atoms with Crippen LogP contribution in [0.15, 0.2) is 12.5 Å². The van der Waals surface area contributed by atoms with Crippen LogP contribution in [-0.2, 0) is 20.8 Å². The number of carboxylic acid groups (broad SMARTS) is 2. The second-order valence-electron chi connectivity index (χ2n) is 7.55. The van der Waals surface area contributed by atoms with E-state index in [1.165, 1.54) is 6.33 Å². The lowest BCUT2D eigenvalue weighted by atomic mass is 10.0. The summed E-state index contributed by atoms with van der Waals surface area (Å²) in [6.45, 7) is 7.52. The predicted molar refractivity (Wildman–Crippen MR) is 99.1 cm³/mol. The maximum Gasteiger partial charge on any atom is 0.326 e. The van der Waals surface area contributed by atoms with E-state index in [2.05, 4.69) is 20.6 Å². The van der Waals surface area contributed by atoms with E-state index in [9.17, 15) is 24.6 Å².